The minimum absolute atomic E-state index is 0.0690. The predicted molar refractivity (Wildman–Crippen MR) is 105 cm³/mol. The zero-order valence-electron chi connectivity index (χ0n) is 15.0. The van der Waals surface area contributed by atoms with Crippen LogP contribution in [0.25, 0.3) is 0 Å². The van der Waals surface area contributed by atoms with Crippen molar-refractivity contribution in [3.63, 3.8) is 0 Å². The summed E-state index contributed by atoms with van der Waals surface area (Å²) in [6.45, 7) is 2.11. The fraction of sp³-hybridized carbons (Fsp3) is 0.263. The SMILES string of the molecule is C[C@@H](N)C(=O)Nc1nc(Cc2ccccc2)sc1C(=O)CCn1ccnc1. The minimum atomic E-state index is -0.682. The molecule has 2 aromatic heterocycles. The molecule has 3 N–H and O–H groups in total. The molecule has 1 atom stereocenters. The Hall–Kier alpha value is -2.84. The number of nitrogens with two attached hydrogens (primary N) is 1. The van der Waals surface area contributed by atoms with Gasteiger partial charge in [-0.3, -0.25) is 9.59 Å². The molecule has 0 unspecified atom stereocenters. The van der Waals surface area contributed by atoms with E-state index in [1.54, 1.807) is 25.6 Å². The molecule has 3 rings (SSSR count). The first kappa shape index (κ1) is 18.9. The van der Waals surface area contributed by atoms with Crippen molar-refractivity contribution >= 4 is 28.8 Å². The van der Waals surface area contributed by atoms with E-state index in [2.05, 4.69) is 15.3 Å². The summed E-state index contributed by atoms with van der Waals surface area (Å²) in [5.41, 5.74) is 6.72. The molecule has 0 saturated carbocycles. The number of Topliss-reactive ketones (excluding diaryl/α,β-unsaturated/α-hetero) is 1. The Kier molecular flexibility index (Phi) is 6.10. The maximum Gasteiger partial charge on any atom is 0.242 e. The minimum Gasteiger partial charge on any atom is -0.337 e. The highest BCUT2D eigenvalue weighted by molar-refractivity contribution is 7.14. The number of benzene rings is 1. The largest absolute Gasteiger partial charge is 0.337 e. The van der Waals surface area contributed by atoms with Crippen LogP contribution in [0, 0.1) is 0 Å². The Bertz CT molecular complexity index is 904. The molecule has 1 aromatic carbocycles. The van der Waals surface area contributed by atoms with E-state index in [1.807, 2.05) is 34.9 Å². The number of nitrogens with one attached hydrogen (secondary N) is 1. The second-order valence-corrected chi connectivity index (χ2v) is 7.28. The molecule has 0 fully saturated rings. The van der Waals surface area contributed by atoms with Crippen molar-refractivity contribution < 1.29 is 9.59 Å². The number of nitrogens with zero attached hydrogens (tertiary/aromatic N) is 3. The van der Waals surface area contributed by atoms with Crippen LogP contribution in [0.3, 0.4) is 0 Å². The standard InChI is InChI=1S/C19H21N5O2S/c1-13(20)19(26)23-18-17(15(25)7-9-24-10-8-21-12-24)27-16(22-18)11-14-5-3-2-4-6-14/h2-6,8,10,12-13H,7,9,11,20H2,1H3,(H,23,26)/t13-/m1/s1. The van der Waals surface area contributed by atoms with Crippen LogP contribution in [0.15, 0.2) is 49.1 Å². The van der Waals surface area contributed by atoms with E-state index in [1.165, 1.54) is 11.3 Å². The molecular weight excluding hydrogens is 362 g/mol. The van der Waals surface area contributed by atoms with Crippen molar-refractivity contribution in [1.29, 1.82) is 0 Å². The van der Waals surface area contributed by atoms with Crippen LogP contribution in [0.4, 0.5) is 5.82 Å². The first-order chi connectivity index (χ1) is 13.0. The lowest BCUT2D eigenvalue weighted by atomic mass is 10.2. The summed E-state index contributed by atoms with van der Waals surface area (Å²) in [5.74, 6) is -0.139. The van der Waals surface area contributed by atoms with Crippen LogP contribution in [-0.2, 0) is 17.8 Å². The number of ketones is 1. The fourth-order valence-electron chi connectivity index (χ4n) is 2.48. The molecule has 27 heavy (non-hydrogen) atoms. The maximum absolute atomic E-state index is 12.7. The quantitative estimate of drug-likeness (QED) is 0.582. The van der Waals surface area contributed by atoms with Gasteiger partial charge in [0.1, 0.15) is 9.88 Å². The number of imidazole rings is 1. The number of aromatic nitrogens is 3. The molecule has 7 nitrogen and oxygen atoms in total. The molecule has 8 heteroatoms. The third-order valence-corrected chi connectivity index (χ3v) is 5.03. The monoisotopic (exact) mass is 383 g/mol. The van der Waals surface area contributed by atoms with Crippen LogP contribution in [0.1, 0.15) is 33.6 Å². The second kappa shape index (κ2) is 8.70. The highest BCUT2D eigenvalue weighted by atomic mass is 32.1. The molecule has 0 spiro atoms. The van der Waals surface area contributed by atoms with Crippen LogP contribution in [-0.4, -0.2) is 32.3 Å². The second-order valence-electron chi connectivity index (χ2n) is 6.20. The number of carbonyl (C=O) groups is 2. The van der Waals surface area contributed by atoms with Gasteiger partial charge in [0.2, 0.25) is 5.91 Å². The van der Waals surface area contributed by atoms with Gasteiger partial charge < -0.3 is 15.6 Å². The molecular formula is C19H21N5O2S. The molecule has 2 heterocycles. The van der Waals surface area contributed by atoms with Crippen molar-refractivity contribution in [2.24, 2.45) is 5.73 Å². The molecule has 0 radical (unpaired) electrons. The topological polar surface area (TPSA) is 103 Å². The van der Waals surface area contributed by atoms with Gasteiger partial charge in [0.25, 0.3) is 0 Å². The van der Waals surface area contributed by atoms with Crippen molar-refractivity contribution in [2.75, 3.05) is 5.32 Å². The molecule has 3 aromatic rings. The summed E-state index contributed by atoms with van der Waals surface area (Å²) in [6.07, 6.45) is 6.04. The van der Waals surface area contributed by atoms with Crippen LogP contribution in [0.2, 0.25) is 0 Å². The first-order valence-corrected chi connectivity index (χ1v) is 9.43. The van der Waals surface area contributed by atoms with E-state index in [4.69, 9.17) is 5.73 Å². The van der Waals surface area contributed by atoms with Gasteiger partial charge in [-0.1, -0.05) is 30.3 Å². The molecule has 0 saturated heterocycles. The van der Waals surface area contributed by atoms with E-state index >= 15 is 0 Å². The third-order valence-electron chi connectivity index (χ3n) is 3.93. The van der Waals surface area contributed by atoms with E-state index in [0.717, 1.165) is 10.6 Å². The number of amides is 1. The van der Waals surface area contributed by atoms with E-state index in [0.29, 0.717) is 30.1 Å². The van der Waals surface area contributed by atoms with Crippen LogP contribution >= 0.6 is 11.3 Å². The Morgan fingerprint density at radius 3 is 2.74 bits per heavy atom. The van der Waals surface area contributed by atoms with E-state index in [-0.39, 0.29) is 11.7 Å². The molecule has 0 aliphatic heterocycles. The Balaban J connectivity index is 1.80. The van der Waals surface area contributed by atoms with Crippen LogP contribution < -0.4 is 11.1 Å². The summed E-state index contributed by atoms with van der Waals surface area (Å²) in [5, 5.41) is 3.46. The Labute approximate surface area is 161 Å². The maximum atomic E-state index is 12.7. The average molecular weight is 383 g/mol. The highest BCUT2D eigenvalue weighted by Crippen LogP contribution is 2.27. The number of thiazole rings is 1. The zero-order chi connectivity index (χ0) is 19.2. The van der Waals surface area contributed by atoms with Crippen molar-refractivity contribution in [1.82, 2.24) is 14.5 Å². The van der Waals surface area contributed by atoms with E-state index in [9.17, 15) is 9.59 Å². The van der Waals surface area contributed by atoms with Gasteiger partial charge in [-0.25, -0.2) is 9.97 Å². The molecule has 1 amide bonds. The van der Waals surface area contributed by atoms with E-state index < -0.39 is 6.04 Å². The van der Waals surface area contributed by atoms with Gasteiger partial charge in [-0.2, -0.15) is 0 Å². The van der Waals surface area contributed by atoms with Gasteiger partial charge in [0, 0.05) is 31.8 Å². The number of hydrogen-bond donors (Lipinski definition) is 2. The predicted octanol–water partition coefficient (Wildman–Crippen LogP) is 2.49. The van der Waals surface area contributed by atoms with Crippen molar-refractivity contribution in [3.8, 4) is 0 Å². The molecule has 0 aliphatic carbocycles. The van der Waals surface area contributed by atoms with Crippen molar-refractivity contribution in [3.05, 3.63) is 64.5 Å². The molecule has 140 valence electrons. The summed E-state index contributed by atoms with van der Waals surface area (Å²) < 4.78 is 1.84. The summed E-state index contributed by atoms with van der Waals surface area (Å²) in [7, 11) is 0. The number of hydrogen-bond acceptors (Lipinski definition) is 6. The summed E-state index contributed by atoms with van der Waals surface area (Å²) in [4.78, 5) is 33.6. The molecule has 0 bridgehead atoms. The summed E-state index contributed by atoms with van der Waals surface area (Å²) >= 11 is 1.31. The summed E-state index contributed by atoms with van der Waals surface area (Å²) in [6, 6.07) is 9.19. The lowest BCUT2D eigenvalue weighted by Gasteiger charge is -2.07. The van der Waals surface area contributed by atoms with Gasteiger partial charge in [-0.05, 0) is 12.5 Å². The zero-order valence-corrected chi connectivity index (χ0v) is 15.8. The smallest absolute Gasteiger partial charge is 0.242 e. The van der Waals surface area contributed by atoms with Gasteiger partial charge in [0.05, 0.1) is 12.4 Å². The average Bonchev–Trinajstić information content (AvgIpc) is 3.30. The number of carbonyl (C=O) groups excluding carboxylic acids is 2. The fourth-order valence-corrected chi connectivity index (χ4v) is 3.50. The first-order valence-electron chi connectivity index (χ1n) is 8.62. The Morgan fingerprint density at radius 1 is 1.30 bits per heavy atom. The molecule has 0 aliphatic rings. The van der Waals surface area contributed by atoms with Gasteiger partial charge in [0.15, 0.2) is 11.6 Å². The number of rotatable bonds is 8. The Morgan fingerprint density at radius 2 is 2.07 bits per heavy atom. The third kappa shape index (κ3) is 5.08. The van der Waals surface area contributed by atoms with Gasteiger partial charge in [-0.15, -0.1) is 11.3 Å². The normalized spacial score (nSPS) is 11.9. The van der Waals surface area contributed by atoms with Crippen molar-refractivity contribution in [2.45, 2.75) is 32.4 Å². The number of aryl methyl sites for hydroxylation is 1. The lowest BCUT2D eigenvalue weighted by molar-refractivity contribution is -0.117. The lowest BCUT2D eigenvalue weighted by Crippen LogP contribution is -2.33. The van der Waals surface area contributed by atoms with Gasteiger partial charge >= 0.3 is 0 Å². The van der Waals surface area contributed by atoms with Crippen LogP contribution in [0.5, 0.6) is 0 Å². The number of anilines is 1. The highest BCUT2D eigenvalue weighted by Gasteiger charge is 2.21.